The van der Waals surface area contributed by atoms with Gasteiger partial charge in [0.05, 0.1) is 0 Å². The van der Waals surface area contributed by atoms with Crippen molar-refractivity contribution in [2.45, 2.75) is 26.3 Å². The van der Waals surface area contributed by atoms with Crippen molar-refractivity contribution in [3.63, 3.8) is 0 Å². The number of pyridine rings is 1. The average Bonchev–Trinajstić information content (AvgIpc) is 2.31. The fourth-order valence-electron chi connectivity index (χ4n) is 1.75. The van der Waals surface area contributed by atoms with Crippen LogP contribution in [0.1, 0.15) is 30.9 Å². The minimum absolute atomic E-state index is 0.603. The van der Waals surface area contributed by atoms with Gasteiger partial charge in [0.2, 0.25) is 0 Å². The van der Waals surface area contributed by atoms with Gasteiger partial charge in [-0.3, -0.25) is 0 Å². The van der Waals surface area contributed by atoms with E-state index in [1.165, 1.54) is 11.1 Å². The summed E-state index contributed by atoms with van der Waals surface area (Å²) >= 11 is 0. The van der Waals surface area contributed by atoms with Crippen LogP contribution in [-0.4, -0.2) is 0 Å². The molecule has 0 N–H and O–H groups in total. The first-order chi connectivity index (χ1) is 7.75. The highest BCUT2D eigenvalue weighted by molar-refractivity contribution is 5.14. The summed E-state index contributed by atoms with van der Waals surface area (Å²) in [6.45, 7) is 5.38. The van der Waals surface area contributed by atoms with E-state index in [4.69, 9.17) is 0 Å². The number of rotatable bonds is 3. The van der Waals surface area contributed by atoms with Crippen molar-refractivity contribution in [2.24, 2.45) is 0 Å². The molecule has 0 saturated heterocycles. The Morgan fingerprint density at radius 2 is 1.56 bits per heavy atom. The molecule has 0 aliphatic heterocycles. The van der Waals surface area contributed by atoms with Gasteiger partial charge in [-0.05, 0) is 11.5 Å². The second kappa shape index (κ2) is 4.93. The molecule has 0 atom stereocenters. The summed E-state index contributed by atoms with van der Waals surface area (Å²) in [5, 5.41) is 0. The fraction of sp³-hybridized carbons (Fsp3) is 0.267. The number of hydrogen-bond acceptors (Lipinski definition) is 0. The molecule has 0 radical (unpaired) electrons. The molecular weight excluding hydrogens is 194 g/mol. The highest BCUT2D eigenvalue weighted by Crippen LogP contribution is 2.11. The van der Waals surface area contributed by atoms with Crippen molar-refractivity contribution in [2.75, 3.05) is 0 Å². The maximum atomic E-state index is 2.22. The quantitative estimate of drug-likeness (QED) is 0.688. The van der Waals surface area contributed by atoms with Gasteiger partial charge in [0.15, 0.2) is 18.9 Å². The van der Waals surface area contributed by atoms with Gasteiger partial charge in [0, 0.05) is 17.7 Å². The zero-order valence-corrected chi connectivity index (χ0v) is 9.93. The largest absolute Gasteiger partial charge is 0.201 e. The minimum atomic E-state index is 0.603. The molecule has 1 heterocycles. The summed E-state index contributed by atoms with van der Waals surface area (Å²) in [6, 6.07) is 14.9. The number of benzene rings is 1. The molecule has 82 valence electrons. The molecule has 0 amide bonds. The zero-order valence-electron chi connectivity index (χ0n) is 9.93. The molecule has 0 bridgehead atoms. The van der Waals surface area contributed by atoms with E-state index in [1.54, 1.807) is 0 Å². The van der Waals surface area contributed by atoms with Gasteiger partial charge >= 0.3 is 0 Å². The van der Waals surface area contributed by atoms with Crippen molar-refractivity contribution >= 4 is 0 Å². The van der Waals surface area contributed by atoms with Gasteiger partial charge in [-0.25, -0.2) is 4.57 Å². The lowest BCUT2D eigenvalue weighted by Gasteiger charge is -2.03. The molecule has 1 aromatic heterocycles. The smallest absolute Gasteiger partial charge is 0.173 e. The molecule has 2 rings (SSSR count). The second-order valence-electron chi connectivity index (χ2n) is 4.44. The first-order valence-electron chi connectivity index (χ1n) is 5.78. The normalized spacial score (nSPS) is 10.7. The Labute approximate surface area is 97.4 Å². The van der Waals surface area contributed by atoms with Crippen molar-refractivity contribution in [1.82, 2.24) is 0 Å². The van der Waals surface area contributed by atoms with E-state index >= 15 is 0 Å². The van der Waals surface area contributed by atoms with Crippen LogP contribution in [0.15, 0.2) is 54.9 Å². The molecule has 0 fully saturated rings. The molecule has 1 aromatic carbocycles. The number of nitrogens with zero attached hydrogens (tertiary/aromatic N) is 1. The van der Waals surface area contributed by atoms with Crippen LogP contribution in [0.4, 0.5) is 0 Å². The predicted octanol–water partition coefficient (Wildman–Crippen LogP) is 3.15. The third-order valence-corrected chi connectivity index (χ3v) is 2.79. The van der Waals surface area contributed by atoms with E-state index in [9.17, 15) is 0 Å². The maximum absolute atomic E-state index is 2.22. The van der Waals surface area contributed by atoms with Crippen LogP contribution in [0, 0.1) is 0 Å². The van der Waals surface area contributed by atoms with Crippen LogP contribution in [0.25, 0.3) is 0 Å². The topological polar surface area (TPSA) is 3.88 Å². The van der Waals surface area contributed by atoms with Crippen LogP contribution in [0.5, 0.6) is 0 Å². The summed E-state index contributed by atoms with van der Waals surface area (Å²) in [5.74, 6) is 0.603. The van der Waals surface area contributed by atoms with Gasteiger partial charge in [0.1, 0.15) is 0 Å². The van der Waals surface area contributed by atoms with E-state index in [0.717, 1.165) is 6.54 Å². The van der Waals surface area contributed by atoms with Crippen molar-refractivity contribution in [3.05, 3.63) is 66.0 Å². The predicted molar refractivity (Wildman–Crippen MR) is 66.3 cm³/mol. The number of aromatic nitrogens is 1. The van der Waals surface area contributed by atoms with Crippen LogP contribution in [-0.2, 0) is 6.54 Å². The summed E-state index contributed by atoms with van der Waals surface area (Å²) in [7, 11) is 0. The molecule has 1 heteroatoms. The summed E-state index contributed by atoms with van der Waals surface area (Å²) < 4.78 is 2.21. The second-order valence-corrected chi connectivity index (χ2v) is 4.44. The Balaban J connectivity index is 2.11. The van der Waals surface area contributed by atoms with Crippen LogP contribution >= 0.6 is 0 Å². The van der Waals surface area contributed by atoms with Gasteiger partial charge in [0.25, 0.3) is 0 Å². The fourth-order valence-corrected chi connectivity index (χ4v) is 1.75. The maximum Gasteiger partial charge on any atom is 0.173 e. The Bertz CT molecular complexity index is 429. The van der Waals surface area contributed by atoms with E-state index in [0.29, 0.717) is 5.92 Å². The summed E-state index contributed by atoms with van der Waals surface area (Å²) in [6.07, 6.45) is 4.31. The molecule has 0 spiro atoms. The Morgan fingerprint density at radius 3 is 2.12 bits per heavy atom. The lowest BCUT2D eigenvalue weighted by Crippen LogP contribution is -2.33. The van der Waals surface area contributed by atoms with Gasteiger partial charge in [-0.1, -0.05) is 44.2 Å². The third kappa shape index (κ3) is 2.69. The summed E-state index contributed by atoms with van der Waals surface area (Å²) in [4.78, 5) is 0. The first-order valence-corrected chi connectivity index (χ1v) is 5.78. The Hall–Kier alpha value is -1.63. The highest BCUT2D eigenvalue weighted by atomic mass is 14.9. The van der Waals surface area contributed by atoms with Crippen LogP contribution in [0.3, 0.4) is 0 Å². The lowest BCUT2D eigenvalue weighted by molar-refractivity contribution is -0.688. The van der Waals surface area contributed by atoms with Crippen molar-refractivity contribution in [1.29, 1.82) is 0 Å². The van der Waals surface area contributed by atoms with E-state index in [-0.39, 0.29) is 0 Å². The van der Waals surface area contributed by atoms with Crippen molar-refractivity contribution in [3.8, 4) is 0 Å². The van der Waals surface area contributed by atoms with E-state index in [1.807, 2.05) is 0 Å². The average molecular weight is 212 g/mol. The molecule has 0 aliphatic rings. The van der Waals surface area contributed by atoms with Crippen molar-refractivity contribution < 1.29 is 4.57 Å². The van der Waals surface area contributed by atoms with E-state index < -0.39 is 0 Å². The summed E-state index contributed by atoms with van der Waals surface area (Å²) in [5.41, 5.74) is 2.73. The molecule has 0 unspecified atom stereocenters. The molecular formula is C15H18N+. The first kappa shape index (κ1) is 10.9. The molecule has 0 saturated carbocycles. The third-order valence-electron chi connectivity index (χ3n) is 2.79. The van der Waals surface area contributed by atoms with Crippen LogP contribution in [0.2, 0.25) is 0 Å². The molecule has 2 aromatic rings. The number of hydrogen-bond donors (Lipinski definition) is 0. The Morgan fingerprint density at radius 1 is 0.938 bits per heavy atom. The monoisotopic (exact) mass is 212 g/mol. The van der Waals surface area contributed by atoms with Crippen LogP contribution < -0.4 is 4.57 Å². The van der Waals surface area contributed by atoms with Gasteiger partial charge in [-0.15, -0.1) is 0 Å². The standard InChI is InChI=1S/C15H18N/c1-13(2)15-8-10-16(11-9-15)12-14-6-4-3-5-7-14/h3-11,13H,12H2,1-2H3/q+1. The lowest BCUT2D eigenvalue weighted by atomic mass is 10.1. The molecule has 1 nitrogen and oxygen atoms in total. The highest BCUT2D eigenvalue weighted by Gasteiger charge is 2.04. The molecule has 16 heavy (non-hydrogen) atoms. The van der Waals surface area contributed by atoms with E-state index in [2.05, 4.69) is 73.3 Å². The SMILES string of the molecule is CC(C)c1cc[n+](Cc2ccccc2)cc1. The van der Waals surface area contributed by atoms with Gasteiger partial charge in [-0.2, -0.15) is 0 Å². The zero-order chi connectivity index (χ0) is 11.4. The minimum Gasteiger partial charge on any atom is -0.201 e. The Kier molecular flexibility index (Phi) is 3.35. The molecule has 0 aliphatic carbocycles. The van der Waals surface area contributed by atoms with Gasteiger partial charge < -0.3 is 0 Å².